The molecule has 1 rings (SSSR count). The SMILES string of the molecule is O=C(O)c1cc(F)c(OCC(O)C(F)(F)F)c(F)c1. The number of aromatic carboxylic acids is 1. The summed E-state index contributed by atoms with van der Waals surface area (Å²) in [6, 6.07) is 0.779. The summed E-state index contributed by atoms with van der Waals surface area (Å²) < 4.78 is 66.4. The molecule has 0 saturated carbocycles. The molecule has 4 nitrogen and oxygen atoms in total. The predicted octanol–water partition coefficient (Wildman–Crippen LogP) is 1.97. The van der Waals surface area contributed by atoms with Gasteiger partial charge in [0.15, 0.2) is 23.5 Å². The smallest absolute Gasteiger partial charge is 0.417 e. The van der Waals surface area contributed by atoms with Crippen LogP contribution in [0.3, 0.4) is 0 Å². The summed E-state index contributed by atoms with van der Waals surface area (Å²) >= 11 is 0. The number of aliphatic hydroxyl groups is 1. The molecule has 0 amide bonds. The van der Waals surface area contributed by atoms with Crippen LogP contribution in [0.25, 0.3) is 0 Å². The van der Waals surface area contributed by atoms with Gasteiger partial charge in [-0.1, -0.05) is 0 Å². The second-order valence-electron chi connectivity index (χ2n) is 3.44. The van der Waals surface area contributed by atoms with Crippen LogP contribution >= 0.6 is 0 Å². The highest BCUT2D eigenvalue weighted by Crippen LogP contribution is 2.25. The molecule has 0 aliphatic heterocycles. The average molecular weight is 286 g/mol. The maximum Gasteiger partial charge on any atom is 0.417 e. The Morgan fingerprint density at radius 2 is 1.74 bits per heavy atom. The molecule has 0 aromatic heterocycles. The number of carboxylic acids is 1. The van der Waals surface area contributed by atoms with E-state index in [-0.39, 0.29) is 0 Å². The molecule has 0 saturated heterocycles. The van der Waals surface area contributed by atoms with Crippen molar-refractivity contribution in [2.75, 3.05) is 6.61 Å². The highest BCUT2D eigenvalue weighted by Gasteiger charge is 2.39. The van der Waals surface area contributed by atoms with E-state index in [0.717, 1.165) is 0 Å². The number of aliphatic hydroxyl groups excluding tert-OH is 1. The maximum atomic E-state index is 13.2. The lowest BCUT2D eigenvalue weighted by atomic mass is 10.2. The third-order valence-electron chi connectivity index (χ3n) is 2.01. The molecule has 0 aliphatic carbocycles. The molecule has 0 fully saturated rings. The van der Waals surface area contributed by atoms with E-state index in [1.54, 1.807) is 0 Å². The van der Waals surface area contributed by atoms with E-state index in [2.05, 4.69) is 4.74 Å². The fourth-order valence-electron chi connectivity index (χ4n) is 1.08. The van der Waals surface area contributed by atoms with Crippen LogP contribution in [0, 0.1) is 11.6 Å². The number of carboxylic acid groups (broad SMARTS) is 1. The topological polar surface area (TPSA) is 66.8 Å². The zero-order chi connectivity index (χ0) is 14.8. The number of rotatable bonds is 4. The van der Waals surface area contributed by atoms with Crippen LogP contribution in [0.2, 0.25) is 0 Å². The third-order valence-corrected chi connectivity index (χ3v) is 2.01. The van der Waals surface area contributed by atoms with Crippen LogP contribution in [0.5, 0.6) is 5.75 Å². The summed E-state index contributed by atoms with van der Waals surface area (Å²) in [5.74, 6) is -5.76. The predicted molar refractivity (Wildman–Crippen MR) is 50.9 cm³/mol. The van der Waals surface area contributed by atoms with Crippen LogP contribution in [-0.2, 0) is 0 Å². The fraction of sp³-hybridized carbons (Fsp3) is 0.300. The number of carbonyl (C=O) groups is 1. The van der Waals surface area contributed by atoms with E-state index in [1.165, 1.54) is 0 Å². The molecule has 1 aromatic rings. The summed E-state index contributed by atoms with van der Waals surface area (Å²) in [6.45, 7) is -1.41. The van der Waals surface area contributed by atoms with E-state index in [1.807, 2.05) is 0 Å². The molecule has 0 heterocycles. The van der Waals surface area contributed by atoms with Crippen molar-refractivity contribution in [3.05, 3.63) is 29.3 Å². The van der Waals surface area contributed by atoms with Crippen LogP contribution in [0.4, 0.5) is 22.0 Å². The van der Waals surface area contributed by atoms with Crippen LogP contribution in [0.15, 0.2) is 12.1 Å². The number of ether oxygens (including phenoxy) is 1. The van der Waals surface area contributed by atoms with Gasteiger partial charge in [-0.25, -0.2) is 13.6 Å². The zero-order valence-electron chi connectivity index (χ0n) is 9.04. The third kappa shape index (κ3) is 3.78. The highest BCUT2D eigenvalue weighted by molar-refractivity contribution is 5.87. The molecule has 0 bridgehead atoms. The minimum absolute atomic E-state index is 0.390. The van der Waals surface area contributed by atoms with Gasteiger partial charge in [0.05, 0.1) is 5.56 Å². The Balaban J connectivity index is 2.88. The van der Waals surface area contributed by atoms with Crippen molar-refractivity contribution in [2.45, 2.75) is 12.3 Å². The van der Waals surface area contributed by atoms with Crippen molar-refractivity contribution in [1.82, 2.24) is 0 Å². The second-order valence-corrected chi connectivity index (χ2v) is 3.44. The number of halogens is 5. The first-order valence-corrected chi connectivity index (χ1v) is 4.73. The van der Waals surface area contributed by atoms with Gasteiger partial charge >= 0.3 is 12.1 Å². The van der Waals surface area contributed by atoms with Gasteiger partial charge in [-0.15, -0.1) is 0 Å². The minimum Gasteiger partial charge on any atom is -0.484 e. The van der Waals surface area contributed by atoms with Crippen LogP contribution in [0.1, 0.15) is 10.4 Å². The molecule has 1 unspecified atom stereocenters. The molecule has 106 valence electrons. The van der Waals surface area contributed by atoms with Crippen molar-refractivity contribution in [3.63, 3.8) is 0 Å². The molecule has 1 atom stereocenters. The minimum atomic E-state index is -4.99. The molecular weight excluding hydrogens is 279 g/mol. The largest absolute Gasteiger partial charge is 0.484 e. The van der Waals surface area contributed by atoms with E-state index in [4.69, 9.17) is 10.2 Å². The van der Waals surface area contributed by atoms with Gasteiger partial charge < -0.3 is 14.9 Å². The number of benzene rings is 1. The Bertz CT molecular complexity index is 462. The van der Waals surface area contributed by atoms with Gasteiger partial charge in [0, 0.05) is 0 Å². The molecule has 0 spiro atoms. The Morgan fingerprint density at radius 1 is 1.26 bits per heavy atom. The summed E-state index contributed by atoms with van der Waals surface area (Å²) in [4.78, 5) is 10.5. The van der Waals surface area contributed by atoms with E-state index in [0.29, 0.717) is 12.1 Å². The fourth-order valence-corrected chi connectivity index (χ4v) is 1.08. The van der Waals surface area contributed by atoms with Crippen molar-refractivity contribution < 1.29 is 41.7 Å². The quantitative estimate of drug-likeness (QED) is 0.830. The molecule has 0 radical (unpaired) electrons. The van der Waals surface area contributed by atoms with Crippen molar-refractivity contribution >= 4 is 5.97 Å². The van der Waals surface area contributed by atoms with Crippen molar-refractivity contribution in [2.24, 2.45) is 0 Å². The molecule has 9 heteroatoms. The van der Waals surface area contributed by atoms with Gasteiger partial charge in [0.2, 0.25) is 0 Å². The van der Waals surface area contributed by atoms with Gasteiger partial charge in [0.25, 0.3) is 0 Å². The first-order chi connectivity index (χ1) is 8.62. The second kappa shape index (κ2) is 5.39. The Kier molecular flexibility index (Phi) is 4.30. The summed E-state index contributed by atoms with van der Waals surface area (Å²) in [5.41, 5.74) is -0.723. The van der Waals surface area contributed by atoms with Crippen molar-refractivity contribution in [1.29, 1.82) is 0 Å². The first-order valence-electron chi connectivity index (χ1n) is 4.73. The van der Waals surface area contributed by atoms with E-state index >= 15 is 0 Å². The molecule has 19 heavy (non-hydrogen) atoms. The average Bonchev–Trinajstić information content (AvgIpc) is 2.25. The van der Waals surface area contributed by atoms with Gasteiger partial charge in [-0.3, -0.25) is 0 Å². The summed E-state index contributed by atoms with van der Waals surface area (Å²) in [7, 11) is 0. The molecule has 0 aliphatic rings. The normalized spacial score (nSPS) is 13.2. The van der Waals surface area contributed by atoms with E-state index < -0.39 is 47.8 Å². The van der Waals surface area contributed by atoms with Crippen molar-refractivity contribution in [3.8, 4) is 5.75 Å². The monoisotopic (exact) mass is 286 g/mol. The van der Waals surface area contributed by atoms with Gasteiger partial charge in [0.1, 0.15) is 6.61 Å². The highest BCUT2D eigenvalue weighted by atomic mass is 19.4. The Morgan fingerprint density at radius 3 is 2.11 bits per heavy atom. The maximum absolute atomic E-state index is 13.2. The van der Waals surface area contributed by atoms with Gasteiger partial charge in [-0.2, -0.15) is 13.2 Å². The summed E-state index contributed by atoms with van der Waals surface area (Å²) in [6.07, 6.45) is -7.90. The standard InChI is InChI=1S/C10H7F5O4/c11-5-1-4(9(17)18)2-6(12)8(5)19-3-7(16)10(13,14)15/h1-2,7,16H,3H2,(H,17,18). The first kappa shape index (κ1) is 15.2. The number of hydrogen-bond acceptors (Lipinski definition) is 3. The van der Waals surface area contributed by atoms with Crippen LogP contribution < -0.4 is 4.74 Å². The number of alkyl halides is 3. The summed E-state index contributed by atoms with van der Waals surface area (Å²) in [5, 5.41) is 17.1. The Hall–Kier alpha value is -1.90. The molecular formula is C10H7F5O4. The van der Waals surface area contributed by atoms with Gasteiger partial charge in [-0.05, 0) is 12.1 Å². The van der Waals surface area contributed by atoms with Crippen LogP contribution in [-0.4, -0.2) is 35.1 Å². The lowest BCUT2D eigenvalue weighted by Gasteiger charge is -2.16. The number of hydrogen-bond donors (Lipinski definition) is 2. The lowest BCUT2D eigenvalue weighted by molar-refractivity contribution is -0.211. The van der Waals surface area contributed by atoms with E-state index in [9.17, 15) is 26.7 Å². The molecule has 1 aromatic carbocycles. The molecule has 2 N–H and O–H groups in total. The lowest BCUT2D eigenvalue weighted by Crippen LogP contribution is -2.34. The Labute approximate surface area is 103 Å². The zero-order valence-corrected chi connectivity index (χ0v) is 9.04.